The molecule has 0 aromatic heterocycles. The van der Waals surface area contributed by atoms with Gasteiger partial charge in [0, 0.05) is 31.0 Å². The number of nitrogens with one attached hydrogen (secondary N) is 2. The molecule has 29 heavy (non-hydrogen) atoms. The van der Waals surface area contributed by atoms with Crippen LogP contribution >= 0.6 is 0 Å². The fourth-order valence-corrected chi connectivity index (χ4v) is 3.40. The summed E-state index contributed by atoms with van der Waals surface area (Å²) in [5.41, 5.74) is 4.14. The molecule has 2 aromatic carbocycles. The Balaban J connectivity index is 1.39. The minimum absolute atomic E-state index is 0.465. The molecule has 6 nitrogen and oxygen atoms in total. The van der Waals surface area contributed by atoms with Gasteiger partial charge < -0.3 is 20.3 Å². The number of carbonyl (C=O) groups excluding carboxylic acids is 2. The Morgan fingerprint density at radius 1 is 1.00 bits per heavy atom. The van der Waals surface area contributed by atoms with E-state index < -0.39 is 11.8 Å². The van der Waals surface area contributed by atoms with E-state index in [4.69, 9.17) is 4.74 Å². The number of para-hydroxylation sites is 1. The second-order valence-electron chi connectivity index (χ2n) is 7.09. The lowest BCUT2D eigenvalue weighted by Crippen LogP contribution is -2.36. The number of carbonyl (C=O) groups is 2. The van der Waals surface area contributed by atoms with Crippen molar-refractivity contribution in [1.29, 1.82) is 0 Å². The van der Waals surface area contributed by atoms with E-state index in [0.717, 1.165) is 51.1 Å². The van der Waals surface area contributed by atoms with E-state index in [1.54, 1.807) is 0 Å². The Morgan fingerprint density at radius 2 is 1.72 bits per heavy atom. The molecule has 1 fully saturated rings. The molecule has 0 bridgehead atoms. The summed E-state index contributed by atoms with van der Waals surface area (Å²) < 4.78 is 5.39. The number of aryl methyl sites for hydroxylation is 2. The van der Waals surface area contributed by atoms with E-state index in [2.05, 4.69) is 39.8 Å². The minimum atomic E-state index is -0.624. The molecule has 0 radical (unpaired) electrons. The van der Waals surface area contributed by atoms with Crippen molar-refractivity contribution in [2.24, 2.45) is 0 Å². The van der Waals surface area contributed by atoms with Gasteiger partial charge in [0.2, 0.25) is 0 Å². The van der Waals surface area contributed by atoms with Crippen molar-refractivity contribution in [1.82, 2.24) is 5.32 Å². The molecule has 3 rings (SSSR count). The zero-order valence-electron chi connectivity index (χ0n) is 16.9. The molecular weight excluding hydrogens is 366 g/mol. The number of ether oxygens (including phenoxy) is 1. The van der Waals surface area contributed by atoms with Crippen LogP contribution in [0.4, 0.5) is 11.4 Å². The molecular formula is C23H29N3O3. The van der Waals surface area contributed by atoms with Crippen LogP contribution in [-0.4, -0.2) is 44.7 Å². The summed E-state index contributed by atoms with van der Waals surface area (Å²) in [5, 5.41) is 5.39. The SMILES string of the molecule is CCc1ccccc1NC(=O)C(=O)NCCCc1ccc(N2CCOCC2)cc1. The van der Waals surface area contributed by atoms with Gasteiger partial charge in [0.25, 0.3) is 0 Å². The van der Waals surface area contributed by atoms with Crippen molar-refractivity contribution in [3.63, 3.8) is 0 Å². The first-order chi connectivity index (χ1) is 14.2. The van der Waals surface area contributed by atoms with Crippen LogP contribution in [-0.2, 0) is 27.2 Å². The van der Waals surface area contributed by atoms with Crippen LogP contribution in [0.5, 0.6) is 0 Å². The van der Waals surface area contributed by atoms with Gasteiger partial charge in [-0.1, -0.05) is 37.3 Å². The largest absolute Gasteiger partial charge is 0.378 e. The zero-order valence-corrected chi connectivity index (χ0v) is 16.9. The van der Waals surface area contributed by atoms with Gasteiger partial charge in [0.05, 0.1) is 13.2 Å². The lowest BCUT2D eigenvalue weighted by atomic mass is 10.1. The van der Waals surface area contributed by atoms with Crippen molar-refractivity contribution in [2.75, 3.05) is 43.1 Å². The maximum atomic E-state index is 12.1. The van der Waals surface area contributed by atoms with Gasteiger partial charge in [0.15, 0.2) is 0 Å². The molecule has 2 aromatic rings. The van der Waals surface area contributed by atoms with Crippen LogP contribution < -0.4 is 15.5 Å². The first-order valence-corrected chi connectivity index (χ1v) is 10.3. The van der Waals surface area contributed by atoms with Crippen LogP contribution in [0.2, 0.25) is 0 Å². The smallest absolute Gasteiger partial charge is 0.313 e. The van der Waals surface area contributed by atoms with Gasteiger partial charge in [-0.3, -0.25) is 9.59 Å². The van der Waals surface area contributed by atoms with Crippen molar-refractivity contribution in [3.8, 4) is 0 Å². The molecule has 0 spiro atoms. The van der Waals surface area contributed by atoms with Crippen LogP contribution in [0.25, 0.3) is 0 Å². The summed E-state index contributed by atoms with van der Waals surface area (Å²) in [7, 11) is 0. The molecule has 1 heterocycles. The Morgan fingerprint density at radius 3 is 2.45 bits per heavy atom. The fraction of sp³-hybridized carbons (Fsp3) is 0.391. The highest BCUT2D eigenvalue weighted by atomic mass is 16.5. The Hall–Kier alpha value is -2.86. The molecule has 0 aliphatic carbocycles. The van der Waals surface area contributed by atoms with Gasteiger partial charge in [0.1, 0.15) is 0 Å². The number of anilines is 2. The molecule has 1 saturated heterocycles. The average Bonchev–Trinajstić information content (AvgIpc) is 2.78. The van der Waals surface area contributed by atoms with Crippen LogP contribution in [0, 0.1) is 0 Å². The van der Waals surface area contributed by atoms with Gasteiger partial charge in [-0.15, -0.1) is 0 Å². The highest BCUT2D eigenvalue weighted by Crippen LogP contribution is 2.17. The molecule has 2 amide bonds. The molecule has 1 aliphatic heterocycles. The normalized spacial score (nSPS) is 13.8. The van der Waals surface area contributed by atoms with Gasteiger partial charge in [-0.2, -0.15) is 0 Å². The molecule has 0 saturated carbocycles. The van der Waals surface area contributed by atoms with Crippen molar-refractivity contribution < 1.29 is 14.3 Å². The average molecular weight is 396 g/mol. The topological polar surface area (TPSA) is 70.7 Å². The van der Waals surface area contributed by atoms with Crippen molar-refractivity contribution in [3.05, 3.63) is 59.7 Å². The van der Waals surface area contributed by atoms with Crippen molar-refractivity contribution in [2.45, 2.75) is 26.2 Å². The lowest BCUT2D eigenvalue weighted by molar-refractivity contribution is -0.136. The number of amides is 2. The summed E-state index contributed by atoms with van der Waals surface area (Å²) >= 11 is 0. The van der Waals surface area contributed by atoms with E-state index in [9.17, 15) is 9.59 Å². The van der Waals surface area contributed by atoms with Gasteiger partial charge in [-0.25, -0.2) is 0 Å². The minimum Gasteiger partial charge on any atom is -0.378 e. The molecule has 0 unspecified atom stereocenters. The summed E-state index contributed by atoms with van der Waals surface area (Å²) in [6.45, 7) is 5.88. The van der Waals surface area contributed by atoms with Crippen LogP contribution in [0.15, 0.2) is 48.5 Å². The van der Waals surface area contributed by atoms with Gasteiger partial charge >= 0.3 is 11.8 Å². The maximum Gasteiger partial charge on any atom is 0.313 e. The van der Waals surface area contributed by atoms with Gasteiger partial charge in [-0.05, 0) is 48.6 Å². The second-order valence-corrected chi connectivity index (χ2v) is 7.09. The molecule has 1 aliphatic rings. The monoisotopic (exact) mass is 395 g/mol. The highest BCUT2D eigenvalue weighted by molar-refractivity contribution is 6.39. The predicted molar refractivity (Wildman–Crippen MR) is 115 cm³/mol. The van der Waals surface area contributed by atoms with E-state index in [-0.39, 0.29) is 0 Å². The number of nitrogens with zero attached hydrogens (tertiary/aromatic N) is 1. The first kappa shape index (κ1) is 20.9. The summed E-state index contributed by atoms with van der Waals surface area (Å²) in [5.74, 6) is -1.22. The zero-order chi connectivity index (χ0) is 20.5. The van der Waals surface area contributed by atoms with E-state index in [1.807, 2.05) is 31.2 Å². The van der Waals surface area contributed by atoms with Crippen molar-refractivity contribution >= 4 is 23.2 Å². The molecule has 6 heteroatoms. The number of hydrogen-bond donors (Lipinski definition) is 2. The van der Waals surface area contributed by atoms with Crippen LogP contribution in [0.3, 0.4) is 0 Å². The molecule has 154 valence electrons. The van der Waals surface area contributed by atoms with Crippen LogP contribution in [0.1, 0.15) is 24.5 Å². The summed E-state index contributed by atoms with van der Waals surface area (Å²) in [6, 6.07) is 16.0. The first-order valence-electron chi connectivity index (χ1n) is 10.3. The second kappa shape index (κ2) is 10.6. The third-order valence-corrected chi connectivity index (χ3v) is 5.09. The summed E-state index contributed by atoms with van der Waals surface area (Å²) in [6.07, 6.45) is 2.42. The Bertz CT molecular complexity index is 814. The highest BCUT2D eigenvalue weighted by Gasteiger charge is 2.14. The van der Waals surface area contributed by atoms with E-state index >= 15 is 0 Å². The van der Waals surface area contributed by atoms with E-state index in [1.165, 1.54) is 11.3 Å². The molecule has 0 atom stereocenters. The number of hydrogen-bond acceptors (Lipinski definition) is 4. The standard InChI is InChI=1S/C23H29N3O3/c1-2-19-7-3-4-8-21(19)25-23(28)22(27)24-13-5-6-18-9-11-20(12-10-18)26-14-16-29-17-15-26/h3-4,7-12H,2,5-6,13-17H2,1H3,(H,24,27)(H,25,28). The molecule has 2 N–H and O–H groups in total. The lowest BCUT2D eigenvalue weighted by Gasteiger charge is -2.28. The third kappa shape index (κ3) is 6.06. The fourth-order valence-electron chi connectivity index (χ4n) is 3.40. The summed E-state index contributed by atoms with van der Waals surface area (Å²) in [4.78, 5) is 26.5. The Labute approximate surface area is 172 Å². The third-order valence-electron chi connectivity index (χ3n) is 5.09. The number of rotatable bonds is 7. The number of benzene rings is 2. The predicted octanol–water partition coefficient (Wildman–Crippen LogP) is 2.77. The Kier molecular flexibility index (Phi) is 7.64. The number of morpholine rings is 1. The maximum absolute atomic E-state index is 12.1. The quantitative estimate of drug-likeness (QED) is 0.559. The van der Waals surface area contributed by atoms with E-state index in [0.29, 0.717) is 12.2 Å².